The molecule has 2 aromatic carbocycles. The molecule has 112 valence electrons. The van der Waals surface area contributed by atoms with Gasteiger partial charge in [0.25, 0.3) is 0 Å². The minimum Gasteiger partial charge on any atom is -0.375 e. The second kappa shape index (κ2) is 6.00. The molecule has 0 atom stereocenters. The van der Waals surface area contributed by atoms with E-state index in [1.807, 2.05) is 0 Å². The number of rotatable bonds is 2. The maximum Gasteiger partial charge on any atom is 0.323 e. The Morgan fingerprint density at radius 1 is 1.14 bits per heavy atom. The zero-order valence-corrected chi connectivity index (χ0v) is 13.4. The molecule has 0 bridgehead atoms. The number of nitrogens with two attached hydrogens (primary N) is 1. The molecule has 0 aliphatic heterocycles. The highest BCUT2D eigenvalue weighted by Gasteiger charge is 2.10. The van der Waals surface area contributed by atoms with E-state index < -0.39 is 6.03 Å². The molecule has 3 rings (SSSR count). The molecule has 0 fully saturated rings. The van der Waals surface area contributed by atoms with Crippen LogP contribution in [0, 0.1) is 0 Å². The lowest BCUT2D eigenvalue weighted by Gasteiger charge is -2.09. The molecule has 22 heavy (non-hydrogen) atoms. The third kappa shape index (κ3) is 3.24. The standard InChI is InChI=1S/C14H10Cl2N4OS/c15-7-1-3-8(4-2-7)18-14(21)20-10-6-12-11(5-9(10)16)19-13(17)22-12/h1-6H,(H2,17,19)(H2,18,20,21). The van der Waals surface area contributed by atoms with Gasteiger partial charge in [-0.2, -0.15) is 0 Å². The summed E-state index contributed by atoms with van der Waals surface area (Å²) in [6.07, 6.45) is 0. The molecule has 0 saturated carbocycles. The molecule has 8 heteroatoms. The van der Waals surface area contributed by atoms with Gasteiger partial charge in [0.05, 0.1) is 20.9 Å². The fraction of sp³-hybridized carbons (Fsp3) is 0. The van der Waals surface area contributed by atoms with Gasteiger partial charge in [-0.1, -0.05) is 34.5 Å². The molecule has 0 radical (unpaired) electrons. The smallest absolute Gasteiger partial charge is 0.323 e. The lowest BCUT2D eigenvalue weighted by molar-refractivity contribution is 0.262. The normalized spacial score (nSPS) is 10.6. The second-order valence-corrected chi connectivity index (χ2v) is 6.34. The maximum atomic E-state index is 12.0. The third-order valence-electron chi connectivity index (χ3n) is 2.84. The predicted octanol–water partition coefficient (Wildman–Crippen LogP) is 4.83. The van der Waals surface area contributed by atoms with Gasteiger partial charge in [0.15, 0.2) is 5.13 Å². The first-order valence-corrected chi connectivity index (χ1v) is 7.77. The average Bonchev–Trinajstić information content (AvgIpc) is 2.81. The van der Waals surface area contributed by atoms with Crippen LogP contribution in [-0.4, -0.2) is 11.0 Å². The summed E-state index contributed by atoms with van der Waals surface area (Å²) < 4.78 is 0.851. The molecule has 1 heterocycles. The quantitative estimate of drug-likeness (QED) is 0.617. The van der Waals surface area contributed by atoms with Gasteiger partial charge in [0, 0.05) is 10.7 Å². The Bertz CT molecular complexity index is 848. The number of aromatic nitrogens is 1. The molecule has 1 aromatic heterocycles. The molecule has 4 N–H and O–H groups in total. The van der Waals surface area contributed by atoms with Crippen molar-refractivity contribution < 1.29 is 4.79 Å². The third-order valence-corrected chi connectivity index (χ3v) is 4.26. The van der Waals surface area contributed by atoms with Gasteiger partial charge < -0.3 is 16.4 Å². The summed E-state index contributed by atoms with van der Waals surface area (Å²) >= 11 is 13.3. The van der Waals surface area contributed by atoms with Crippen LogP contribution < -0.4 is 16.4 Å². The number of nitrogens with one attached hydrogen (secondary N) is 2. The van der Waals surface area contributed by atoms with Gasteiger partial charge in [-0.05, 0) is 36.4 Å². The zero-order valence-electron chi connectivity index (χ0n) is 11.1. The van der Waals surface area contributed by atoms with Gasteiger partial charge in [-0.3, -0.25) is 0 Å². The van der Waals surface area contributed by atoms with Crippen LogP contribution >= 0.6 is 34.5 Å². The Morgan fingerprint density at radius 2 is 1.86 bits per heavy atom. The van der Waals surface area contributed by atoms with Crippen molar-refractivity contribution in [2.45, 2.75) is 0 Å². The number of carbonyl (C=O) groups excluding carboxylic acids is 1. The van der Waals surface area contributed by atoms with Crippen molar-refractivity contribution in [3.63, 3.8) is 0 Å². The van der Waals surface area contributed by atoms with Crippen molar-refractivity contribution in [1.82, 2.24) is 4.98 Å². The summed E-state index contributed by atoms with van der Waals surface area (Å²) in [7, 11) is 0. The summed E-state index contributed by atoms with van der Waals surface area (Å²) in [4.78, 5) is 16.2. The second-order valence-electron chi connectivity index (χ2n) is 4.44. The molecular weight excluding hydrogens is 343 g/mol. The lowest BCUT2D eigenvalue weighted by atomic mass is 10.3. The van der Waals surface area contributed by atoms with Crippen LogP contribution in [0.2, 0.25) is 10.0 Å². The van der Waals surface area contributed by atoms with E-state index in [2.05, 4.69) is 15.6 Å². The molecular formula is C14H10Cl2N4OS. The highest BCUT2D eigenvalue weighted by atomic mass is 35.5. The highest BCUT2D eigenvalue weighted by molar-refractivity contribution is 7.22. The molecule has 3 aromatic rings. The number of hydrogen-bond acceptors (Lipinski definition) is 4. The average molecular weight is 353 g/mol. The Balaban J connectivity index is 1.78. The Kier molecular flexibility index (Phi) is 4.06. The van der Waals surface area contributed by atoms with E-state index in [0.29, 0.717) is 32.1 Å². The number of hydrogen-bond donors (Lipinski definition) is 3. The number of nitrogens with zero attached hydrogens (tertiary/aromatic N) is 1. The number of nitrogen functional groups attached to an aromatic ring is 1. The first-order chi connectivity index (χ1) is 10.5. The number of amides is 2. The van der Waals surface area contributed by atoms with E-state index in [0.717, 1.165) is 4.70 Å². The fourth-order valence-corrected chi connectivity index (χ4v) is 2.97. The first-order valence-electron chi connectivity index (χ1n) is 6.20. The van der Waals surface area contributed by atoms with Crippen molar-refractivity contribution in [1.29, 1.82) is 0 Å². The van der Waals surface area contributed by atoms with E-state index in [1.165, 1.54) is 11.3 Å². The van der Waals surface area contributed by atoms with E-state index in [-0.39, 0.29) is 0 Å². The lowest BCUT2D eigenvalue weighted by Crippen LogP contribution is -2.19. The molecule has 2 amide bonds. The monoisotopic (exact) mass is 352 g/mol. The van der Waals surface area contributed by atoms with Crippen LogP contribution in [0.5, 0.6) is 0 Å². The largest absolute Gasteiger partial charge is 0.375 e. The Morgan fingerprint density at radius 3 is 2.59 bits per heavy atom. The van der Waals surface area contributed by atoms with Gasteiger partial charge in [-0.15, -0.1) is 0 Å². The highest BCUT2D eigenvalue weighted by Crippen LogP contribution is 2.32. The fourth-order valence-electron chi connectivity index (χ4n) is 1.88. The van der Waals surface area contributed by atoms with Crippen molar-refractivity contribution in [3.05, 3.63) is 46.4 Å². The molecule has 0 aliphatic carbocycles. The molecule has 0 aliphatic rings. The number of benzene rings is 2. The summed E-state index contributed by atoms with van der Waals surface area (Å²) in [6.45, 7) is 0. The van der Waals surface area contributed by atoms with Crippen LogP contribution in [0.15, 0.2) is 36.4 Å². The van der Waals surface area contributed by atoms with Crippen LogP contribution in [0.25, 0.3) is 10.2 Å². The van der Waals surface area contributed by atoms with Crippen LogP contribution in [0.3, 0.4) is 0 Å². The molecule has 0 unspecified atom stereocenters. The zero-order chi connectivity index (χ0) is 15.7. The van der Waals surface area contributed by atoms with Gasteiger partial charge >= 0.3 is 6.03 Å². The van der Waals surface area contributed by atoms with E-state index in [4.69, 9.17) is 28.9 Å². The van der Waals surface area contributed by atoms with Gasteiger partial charge in [0.2, 0.25) is 0 Å². The SMILES string of the molecule is Nc1nc2cc(Cl)c(NC(=O)Nc3ccc(Cl)cc3)cc2s1. The van der Waals surface area contributed by atoms with Crippen molar-refractivity contribution in [3.8, 4) is 0 Å². The van der Waals surface area contributed by atoms with E-state index >= 15 is 0 Å². The van der Waals surface area contributed by atoms with Crippen molar-refractivity contribution in [2.24, 2.45) is 0 Å². The molecule has 5 nitrogen and oxygen atoms in total. The number of anilines is 3. The summed E-state index contributed by atoms with van der Waals surface area (Å²) in [5, 5.41) is 6.84. The predicted molar refractivity (Wildman–Crippen MR) is 93.1 cm³/mol. The van der Waals surface area contributed by atoms with E-state index in [9.17, 15) is 4.79 Å². The van der Waals surface area contributed by atoms with E-state index in [1.54, 1.807) is 36.4 Å². The van der Waals surface area contributed by atoms with Crippen molar-refractivity contribution in [2.75, 3.05) is 16.4 Å². The van der Waals surface area contributed by atoms with Crippen LogP contribution in [0.1, 0.15) is 0 Å². The number of urea groups is 1. The van der Waals surface area contributed by atoms with Gasteiger partial charge in [-0.25, -0.2) is 9.78 Å². The van der Waals surface area contributed by atoms with Crippen molar-refractivity contribution >= 4 is 67.3 Å². The first kappa shape index (κ1) is 14.9. The number of fused-ring (bicyclic) bond motifs is 1. The topological polar surface area (TPSA) is 80.0 Å². The minimum absolute atomic E-state index is 0.393. The number of halogens is 2. The minimum atomic E-state index is -0.402. The number of carbonyl (C=O) groups is 1. The Labute approximate surface area is 140 Å². The Hall–Kier alpha value is -2.02. The summed E-state index contributed by atoms with van der Waals surface area (Å²) in [6, 6.07) is 9.80. The molecule has 0 spiro atoms. The summed E-state index contributed by atoms with van der Waals surface area (Å²) in [5.41, 5.74) is 7.48. The van der Waals surface area contributed by atoms with Gasteiger partial charge in [0.1, 0.15) is 0 Å². The maximum absolute atomic E-state index is 12.0. The van der Waals surface area contributed by atoms with Crippen LogP contribution in [-0.2, 0) is 0 Å². The molecule has 0 saturated heterocycles. The number of thiazole rings is 1. The van der Waals surface area contributed by atoms with Crippen LogP contribution in [0.4, 0.5) is 21.3 Å². The summed E-state index contributed by atoms with van der Waals surface area (Å²) in [5.74, 6) is 0.